The number of ether oxygens (including phenoxy) is 1. The molecule has 0 spiro atoms. The minimum Gasteiger partial charge on any atom is -0.493 e. The summed E-state index contributed by atoms with van der Waals surface area (Å²) in [5.74, 6) is -0.432. The predicted octanol–water partition coefficient (Wildman–Crippen LogP) is 4.46. The molecule has 150 valence electrons. The van der Waals surface area contributed by atoms with Gasteiger partial charge in [0.15, 0.2) is 5.78 Å². The van der Waals surface area contributed by atoms with E-state index in [1.54, 1.807) is 30.3 Å². The number of nitrogens with one attached hydrogen (secondary N) is 1. The predicted molar refractivity (Wildman–Crippen MR) is 115 cm³/mol. The van der Waals surface area contributed by atoms with Crippen LogP contribution in [-0.2, 0) is 0 Å². The fraction of sp³-hybridized carbons (Fsp3) is 0.348. The van der Waals surface area contributed by atoms with Crippen LogP contribution in [0.25, 0.3) is 0 Å². The first-order chi connectivity index (χ1) is 13.5. The summed E-state index contributed by atoms with van der Waals surface area (Å²) in [4.78, 5) is 13.9. The largest absolute Gasteiger partial charge is 0.493 e. The van der Waals surface area contributed by atoms with Crippen molar-refractivity contribution in [2.75, 3.05) is 26.7 Å². The molecule has 2 aromatic rings. The molecule has 3 nitrogen and oxygen atoms in total. The van der Waals surface area contributed by atoms with Crippen LogP contribution in [0.2, 0.25) is 0 Å². The monoisotopic (exact) mass is 448 g/mol. The molecule has 0 aliphatic carbocycles. The number of quaternary nitrogens is 1. The van der Waals surface area contributed by atoms with Crippen LogP contribution in [0.4, 0.5) is 4.39 Å². The van der Waals surface area contributed by atoms with Gasteiger partial charge in [0.2, 0.25) is 0 Å². The molecule has 0 aromatic heterocycles. The Balaban J connectivity index is 1.75. The fourth-order valence-electron chi connectivity index (χ4n) is 2.95. The van der Waals surface area contributed by atoms with Gasteiger partial charge in [-0.2, -0.15) is 0 Å². The molecule has 2 rings (SSSR count). The van der Waals surface area contributed by atoms with Gasteiger partial charge in [-0.15, -0.1) is 0 Å². The van der Waals surface area contributed by atoms with E-state index < -0.39 is 5.82 Å². The Hall–Kier alpha value is -1.98. The lowest BCUT2D eigenvalue weighted by Gasteiger charge is -2.11. The van der Waals surface area contributed by atoms with Crippen molar-refractivity contribution < 1.29 is 18.8 Å². The average Bonchev–Trinajstić information content (AvgIpc) is 2.67. The third-order valence-corrected chi connectivity index (χ3v) is 5.08. The Bertz CT molecular complexity index is 777. The van der Waals surface area contributed by atoms with Gasteiger partial charge in [0.1, 0.15) is 11.6 Å². The van der Waals surface area contributed by atoms with Crippen molar-refractivity contribution in [3.8, 4) is 5.75 Å². The van der Waals surface area contributed by atoms with Crippen molar-refractivity contribution in [1.82, 2.24) is 0 Å². The van der Waals surface area contributed by atoms with E-state index in [2.05, 4.69) is 29.6 Å². The van der Waals surface area contributed by atoms with Gasteiger partial charge in [-0.3, -0.25) is 4.79 Å². The van der Waals surface area contributed by atoms with Gasteiger partial charge in [0.05, 0.1) is 32.3 Å². The minimum absolute atomic E-state index is 0.0563. The van der Waals surface area contributed by atoms with Gasteiger partial charge in [-0.25, -0.2) is 4.39 Å². The number of unbranched alkanes of at least 4 members (excludes halogenated alkanes) is 3. The molecule has 0 aliphatic heterocycles. The number of carbonyl (C=O) groups excluding carboxylic acids is 1. The van der Waals surface area contributed by atoms with Gasteiger partial charge in [0, 0.05) is 16.1 Å². The van der Waals surface area contributed by atoms with Crippen LogP contribution in [-0.4, -0.2) is 32.5 Å². The zero-order chi connectivity index (χ0) is 20.4. The molecule has 0 aliphatic rings. The van der Waals surface area contributed by atoms with Crippen molar-refractivity contribution in [1.29, 1.82) is 0 Å². The average molecular weight is 449 g/mol. The molecular weight excluding hydrogens is 421 g/mol. The van der Waals surface area contributed by atoms with E-state index in [0.717, 1.165) is 36.8 Å². The highest BCUT2D eigenvalue weighted by Gasteiger charge is 2.14. The van der Waals surface area contributed by atoms with E-state index in [-0.39, 0.29) is 11.3 Å². The molecule has 0 bridgehead atoms. The Kier molecular flexibility index (Phi) is 9.38. The maximum absolute atomic E-state index is 14.4. The molecule has 0 radical (unpaired) electrons. The van der Waals surface area contributed by atoms with Crippen LogP contribution >= 0.6 is 15.9 Å². The molecule has 0 heterocycles. The summed E-state index contributed by atoms with van der Waals surface area (Å²) in [7, 11) is 2.17. The van der Waals surface area contributed by atoms with Gasteiger partial charge in [-0.1, -0.05) is 22.5 Å². The van der Waals surface area contributed by atoms with E-state index >= 15 is 0 Å². The number of hydrogen-bond acceptors (Lipinski definition) is 2. The molecule has 0 amide bonds. The van der Waals surface area contributed by atoms with Crippen LogP contribution in [0.15, 0.2) is 59.6 Å². The lowest BCUT2D eigenvalue weighted by atomic mass is 10.0. The highest BCUT2D eigenvalue weighted by Crippen LogP contribution is 2.21. The normalized spacial score (nSPS) is 11.8. The molecule has 0 saturated heterocycles. The first-order valence-electron chi connectivity index (χ1n) is 9.66. The third kappa shape index (κ3) is 7.21. The van der Waals surface area contributed by atoms with E-state index in [9.17, 15) is 9.18 Å². The third-order valence-electron chi connectivity index (χ3n) is 4.55. The SMILES string of the molecule is C=CC[NH+](C)CCCCCCOc1ccc(C(=O)c2ccc(Br)cc2)c(F)c1. The van der Waals surface area contributed by atoms with Crippen molar-refractivity contribution in [2.45, 2.75) is 25.7 Å². The van der Waals surface area contributed by atoms with Gasteiger partial charge < -0.3 is 9.64 Å². The highest BCUT2D eigenvalue weighted by atomic mass is 79.9. The number of hydrogen-bond donors (Lipinski definition) is 1. The van der Waals surface area contributed by atoms with Crippen molar-refractivity contribution in [3.63, 3.8) is 0 Å². The molecule has 1 atom stereocenters. The van der Waals surface area contributed by atoms with E-state index in [0.29, 0.717) is 17.9 Å². The van der Waals surface area contributed by atoms with Crippen LogP contribution in [0.3, 0.4) is 0 Å². The second-order valence-corrected chi connectivity index (χ2v) is 7.86. The van der Waals surface area contributed by atoms with Gasteiger partial charge >= 0.3 is 0 Å². The van der Waals surface area contributed by atoms with Crippen LogP contribution in [0.1, 0.15) is 41.6 Å². The summed E-state index contributed by atoms with van der Waals surface area (Å²) >= 11 is 3.32. The Labute approximate surface area is 175 Å². The van der Waals surface area contributed by atoms with Crippen LogP contribution in [0, 0.1) is 5.82 Å². The standard InChI is InChI=1S/C23H27BrFNO2/c1-3-14-26(2)15-6-4-5-7-16-28-20-12-13-21(22(25)17-20)23(27)18-8-10-19(24)11-9-18/h3,8-13,17H,1,4-7,14-16H2,2H3/p+1. The van der Waals surface area contributed by atoms with Crippen molar-refractivity contribution in [2.24, 2.45) is 0 Å². The maximum Gasteiger partial charge on any atom is 0.195 e. The minimum atomic E-state index is -0.557. The number of carbonyl (C=O) groups is 1. The van der Waals surface area contributed by atoms with Crippen LogP contribution in [0.5, 0.6) is 5.75 Å². The van der Waals surface area contributed by atoms with Crippen LogP contribution < -0.4 is 9.64 Å². The zero-order valence-electron chi connectivity index (χ0n) is 16.3. The second kappa shape index (κ2) is 11.8. The molecule has 1 N–H and O–H groups in total. The summed E-state index contributed by atoms with van der Waals surface area (Å²) in [5, 5.41) is 0. The van der Waals surface area contributed by atoms with E-state index in [1.807, 2.05) is 6.08 Å². The lowest BCUT2D eigenvalue weighted by Crippen LogP contribution is -3.08. The second-order valence-electron chi connectivity index (χ2n) is 6.94. The number of ketones is 1. The molecule has 2 aromatic carbocycles. The molecule has 5 heteroatoms. The van der Waals surface area contributed by atoms with E-state index in [4.69, 9.17) is 4.74 Å². The Morgan fingerprint density at radius 3 is 2.54 bits per heavy atom. The Morgan fingerprint density at radius 1 is 1.14 bits per heavy atom. The molecular formula is C23H28BrFNO2+. The summed E-state index contributed by atoms with van der Waals surface area (Å²) in [6, 6.07) is 11.3. The number of halogens is 2. The molecule has 0 saturated carbocycles. The molecule has 28 heavy (non-hydrogen) atoms. The van der Waals surface area contributed by atoms with E-state index in [1.165, 1.54) is 23.5 Å². The number of benzene rings is 2. The van der Waals surface area contributed by atoms with Crippen molar-refractivity contribution >= 4 is 21.7 Å². The van der Waals surface area contributed by atoms with Gasteiger partial charge in [-0.05, 0) is 68.2 Å². The number of likely N-dealkylation sites (N-methyl/N-ethyl adjacent to an activating group) is 1. The fourth-order valence-corrected chi connectivity index (χ4v) is 3.21. The summed E-state index contributed by atoms with van der Waals surface area (Å²) < 4.78 is 20.9. The topological polar surface area (TPSA) is 30.7 Å². The summed E-state index contributed by atoms with van der Waals surface area (Å²) in [6.45, 7) is 6.44. The molecule has 0 fully saturated rings. The maximum atomic E-state index is 14.4. The summed E-state index contributed by atoms with van der Waals surface area (Å²) in [6.07, 6.45) is 6.31. The first kappa shape index (κ1) is 22.3. The van der Waals surface area contributed by atoms with Gasteiger partial charge in [0.25, 0.3) is 0 Å². The number of rotatable bonds is 12. The lowest BCUT2D eigenvalue weighted by molar-refractivity contribution is -0.873. The first-order valence-corrected chi connectivity index (χ1v) is 10.5. The quantitative estimate of drug-likeness (QED) is 0.295. The van der Waals surface area contributed by atoms with Crippen molar-refractivity contribution in [3.05, 3.63) is 76.5 Å². The highest BCUT2D eigenvalue weighted by molar-refractivity contribution is 9.10. The Morgan fingerprint density at radius 2 is 1.86 bits per heavy atom. The summed E-state index contributed by atoms with van der Waals surface area (Å²) in [5.41, 5.74) is 0.511. The zero-order valence-corrected chi connectivity index (χ0v) is 17.9. The molecule has 1 unspecified atom stereocenters. The smallest absolute Gasteiger partial charge is 0.195 e.